The van der Waals surface area contributed by atoms with Gasteiger partial charge in [0.2, 0.25) is 0 Å². The van der Waals surface area contributed by atoms with Crippen LogP contribution >= 0.6 is 23.2 Å². The number of carbonyl (C=O) groups is 1. The van der Waals surface area contributed by atoms with Crippen LogP contribution in [0, 0.1) is 5.92 Å². The van der Waals surface area contributed by atoms with Crippen LogP contribution in [0.4, 0.5) is 0 Å². The van der Waals surface area contributed by atoms with Crippen molar-refractivity contribution >= 4 is 29.0 Å². The molecule has 1 atom stereocenters. The second kappa shape index (κ2) is 6.55. The Hall–Kier alpha value is -0.570. The number of benzene rings is 1. The van der Waals surface area contributed by atoms with Crippen LogP contribution in [0.2, 0.25) is 10.0 Å². The van der Waals surface area contributed by atoms with E-state index >= 15 is 0 Å². The van der Waals surface area contributed by atoms with E-state index in [9.17, 15) is 4.79 Å². The van der Waals surface area contributed by atoms with E-state index in [1.165, 1.54) is 12.8 Å². The summed E-state index contributed by atoms with van der Waals surface area (Å²) in [4.78, 5) is 12.1. The van der Waals surface area contributed by atoms with Crippen molar-refractivity contribution in [2.45, 2.75) is 25.7 Å². The van der Waals surface area contributed by atoms with Gasteiger partial charge in [-0.1, -0.05) is 23.2 Å². The molecular formula is C14H17Cl2NO. The maximum absolute atomic E-state index is 12.1. The molecule has 4 heteroatoms. The van der Waals surface area contributed by atoms with Crippen LogP contribution in [0.1, 0.15) is 36.0 Å². The van der Waals surface area contributed by atoms with E-state index in [1.54, 1.807) is 18.2 Å². The first kappa shape index (κ1) is 13.9. The molecule has 18 heavy (non-hydrogen) atoms. The molecule has 1 aliphatic heterocycles. The van der Waals surface area contributed by atoms with Gasteiger partial charge in [-0.3, -0.25) is 4.79 Å². The second-order valence-electron chi connectivity index (χ2n) is 4.80. The fraction of sp³-hybridized carbons (Fsp3) is 0.500. The molecule has 1 aromatic carbocycles. The Morgan fingerprint density at radius 1 is 1.39 bits per heavy atom. The molecule has 1 N–H and O–H groups in total. The quantitative estimate of drug-likeness (QED) is 0.849. The summed E-state index contributed by atoms with van der Waals surface area (Å²) in [5.41, 5.74) is 0.549. The minimum absolute atomic E-state index is 0.0908. The lowest BCUT2D eigenvalue weighted by Gasteiger charge is -2.22. The van der Waals surface area contributed by atoms with E-state index in [0.29, 0.717) is 27.9 Å². The third-order valence-electron chi connectivity index (χ3n) is 3.41. The van der Waals surface area contributed by atoms with Gasteiger partial charge < -0.3 is 5.32 Å². The lowest BCUT2D eigenvalue weighted by Crippen LogP contribution is -2.30. The van der Waals surface area contributed by atoms with Gasteiger partial charge in [0.15, 0.2) is 5.78 Å². The maximum Gasteiger partial charge on any atom is 0.164 e. The van der Waals surface area contributed by atoms with E-state index in [1.807, 2.05) is 0 Å². The molecule has 0 radical (unpaired) electrons. The molecule has 1 aromatic rings. The van der Waals surface area contributed by atoms with Crippen molar-refractivity contribution in [1.29, 1.82) is 0 Å². The minimum Gasteiger partial charge on any atom is -0.316 e. The van der Waals surface area contributed by atoms with E-state index < -0.39 is 0 Å². The number of piperidine rings is 1. The molecule has 0 saturated carbocycles. The number of hydrogen-bond donors (Lipinski definition) is 1. The normalized spacial score (nSPS) is 19.8. The van der Waals surface area contributed by atoms with Crippen molar-refractivity contribution in [2.75, 3.05) is 13.1 Å². The maximum atomic E-state index is 12.1. The lowest BCUT2D eigenvalue weighted by atomic mass is 9.92. The topological polar surface area (TPSA) is 29.1 Å². The summed E-state index contributed by atoms with van der Waals surface area (Å²) < 4.78 is 0. The number of ketones is 1. The van der Waals surface area contributed by atoms with Crippen molar-refractivity contribution in [3.63, 3.8) is 0 Å². The summed E-state index contributed by atoms with van der Waals surface area (Å²) in [6, 6.07) is 5.04. The van der Waals surface area contributed by atoms with Gasteiger partial charge in [0, 0.05) is 17.0 Å². The molecule has 0 aliphatic carbocycles. The average molecular weight is 286 g/mol. The lowest BCUT2D eigenvalue weighted by molar-refractivity contribution is 0.0971. The van der Waals surface area contributed by atoms with Crippen molar-refractivity contribution < 1.29 is 4.79 Å². The number of Topliss-reactive ketones (excluding diaryl/α,β-unsaturated/α-hetero) is 1. The van der Waals surface area contributed by atoms with E-state index in [-0.39, 0.29) is 5.78 Å². The van der Waals surface area contributed by atoms with E-state index in [2.05, 4.69) is 5.32 Å². The fourth-order valence-electron chi connectivity index (χ4n) is 2.35. The zero-order valence-corrected chi connectivity index (χ0v) is 11.7. The van der Waals surface area contributed by atoms with Crippen LogP contribution in [0.3, 0.4) is 0 Å². The molecular weight excluding hydrogens is 269 g/mol. The number of rotatable bonds is 4. The summed E-state index contributed by atoms with van der Waals surface area (Å²) in [7, 11) is 0. The molecule has 1 heterocycles. The predicted molar refractivity (Wildman–Crippen MR) is 75.6 cm³/mol. The highest BCUT2D eigenvalue weighted by atomic mass is 35.5. The molecule has 0 amide bonds. The molecule has 98 valence electrons. The zero-order chi connectivity index (χ0) is 13.0. The number of halogens is 2. The highest BCUT2D eigenvalue weighted by Crippen LogP contribution is 2.24. The Kier molecular flexibility index (Phi) is 5.04. The average Bonchev–Trinajstić information content (AvgIpc) is 2.40. The summed E-state index contributed by atoms with van der Waals surface area (Å²) in [6.45, 7) is 2.13. The third-order valence-corrected chi connectivity index (χ3v) is 3.97. The highest BCUT2D eigenvalue weighted by Gasteiger charge is 2.16. The first-order chi connectivity index (χ1) is 8.66. The fourth-order valence-corrected chi connectivity index (χ4v) is 2.75. The van der Waals surface area contributed by atoms with Crippen LogP contribution in [0.15, 0.2) is 18.2 Å². The molecule has 0 aromatic heterocycles. The van der Waals surface area contributed by atoms with Gasteiger partial charge in [-0.2, -0.15) is 0 Å². The van der Waals surface area contributed by atoms with Gasteiger partial charge in [0.25, 0.3) is 0 Å². The third kappa shape index (κ3) is 3.71. The van der Waals surface area contributed by atoms with E-state index in [4.69, 9.17) is 23.2 Å². The van der Waals surface area contributed by atoms with Gasteiger partial charge in [-0.05, 0) is 56.5 Å². The van der Waals surface area contributed by atoms with Gasteiger partial charge >= 0.3 is 0 Å². The summed E-state index contributed by atoms with van der Waals surface area (Å²) in [5.74, 6) is 0.703. The van der Waals surface area contributed by atoms with E-state index in [0.717, 1.165) is 19.5 Å². The molecule has 2 rings (SSSR count). The Balaban J connectivity index is 1.92. The molecule has 0 bridgehead atoms. The predicted octanol–water partition coefficient (Wildman–Crippen LogP) is 3.96. The van der Waals surface area contributed by atoms with Gasteiger partial charge in [-0.25, -0.2) is 0 Å². The van der Waals surface area contributed by atoms with Crippen LogP contribution in [0.5, 0.6) is 0 Å². The monoisotopic (exact) mass is 285 g/mol. The minimum atomic E-state index is 0.0908. The molecule has 1 unspecified atom stereocenters. The van der Waals surface area contributed by atoms with Crippen molar-refractivity contribution in [3.05, 3.63) is 33.8 Å². The Morgan fingerprint density at radius 3 is 2.94 bits per heavy atom. The largest absolute Gasteiger partial charge is 0.316 e. The summed E-state index contributed by atoms with van der Waals surface area (Å²) in [5, 5.41) is 4.41. The zero-order valence-electron chi connectivity index (χ0n) is 10.2. The molecule has 0 spiro atoms. The van der Waals surface area contributed by atoms with Gasteiger partial charge in [0.1, 0.15) is 0 Å². The molecule has 1 saturated heterocycles. The highest BCUT2D eigenvalue weighted by molar-refractivity contribution is 6.35. The summed E-state index contributed by atoms with van der Waals surface area (Å²) in [6.07, 6.45) is 3.89. The van der Waals surface area contributed by atoms with Crippen LogP contribution < -0.4 is 5.32 Å². The first-order valence-corrected chi connectivity index (χ1v) is 7.11. The Bertz CT molecular complexity index is 428. The SMILES string of the molecule is O=C(CCC1CCCNC1)c1cc(Cl)ccc1Cl. The number of carbonyl (C=O) groups excluding carboxylic acids is 1. The van der Waals surface area contributed by atoms with Crippen LogP contribution in [-0.2, 0) is 0 Å². The Morgan fingerprint density at radius 2 is 2.22 bits per heavy atom. The molecule has 2 nitrogen and oxygen atoms in total. The van der Waals surface area contributed by atoms with Crippen LogP contribution in [0.25, 0.3) is 0 Å². The smallest absolute Gasteiger partial charge is 0.164 e. The Labute approximate surface area is 118 Å². The van der Waals surface area contributed by atoms with Crippen LogP contribution in [-0.4, -0.2) is 18.9 Å². The second-order valence-corrected chi connectivity index (χ2v) is 5.64. The van der Waals surface area contributed by atoms with Crippen molar-refractivity contribution in [3.8, 4) is 0 Å². The standard InChI is InChI=1S/C14H17Cl2NO/c15-11-4-5-13(16)12(8-11)14(18)6-3-10-2-1-7-17-9-10/h4-5,8,10,17H,1-3,6-7,9H2. The van der Waals surface area contributed by atoms with Gasteiger partial charge in [0.05, 0.1) is 5.02 Å². The first-order valence-electron chi connectivity index (χ1n) is 6.36. The van der Waals surface area contributed by atoms with Crippen molar-refractivity contribution in [1.82, 2.24) is 5.32 Å². The van der Waals surface area contributed by atoms with Crippen molar-refractivity contribution in [2.24, 2.45) is 5.92 Å². The summed E-state index contributed by atoms with van der Waals surface area (Å²) >= 11 is 11.9. The number of nitrogens with one attached hydrogen (secondary N) is 1. The van der Waals surface area contributed by atoms with Gasteiger partial charge in [-0.15, -0.1) is 0 Å². The molecule has 1 aliphatic rings. The number of hydrogen-bond acceptors (Lipinski definition) is 2. The molecule has 1 fully saturated rings.